The van der Waals surface area contributed by atoms with Gasteiger partial charge in [-0.25, -0.2) is 4.79 Å². The molecule has 0 heterocycles. The molecular formula is C16H28N3O4P. The first-order chi connectivity index (χ1) is 11.5. The lowest BCUT2D eigenvalue weighted by Gasteiger charge is -2.18. The Kier molecular flexibility index (Phi) is 9.64. The molecule has 24 heavy (non-hydrogen) atoms. The summed E-state index contributed by atoms with van der Waals surface area (Å²) in [5.41, 5.74) is 1.58. The molecule has 136 valence electrons. The van der Waals surface area contributed by atoms with Crippen LogP contribution in [0.5, 0.6) is 5.75 Å². The predicted molar refractivity (Wildman–Crippen MR) is 98.5 cm³/mol. The van der Waals surface area contributed by atoms with Gasteiger partial charge in [0, 0.05) is 34.3 Å². The fourth-order valence-corrected chi connectivity index (χ4v) is 2.30. The van der Waals surface area contributed by atoms with Crippen LogP contribution in [0.25, 0.3) is 0 Å². The summed E-state index contributed by atoms with van der Waals surface area (Å²) in [4.78, 5) is 11.5. The minimum atomic E-state index is -0.621. The minimum absolute atomic E-state index is 0.151. The van der Waals surface area contributed by atoms with E-state index in [1.54, 1.807) is 12.1 Å². The lowest BCUT2D eigenvalue weighted by Crippen LogP contribution is -2.38. The lowest BCUT2D eigenvalue weighted by atomic mass is 10.2. The number of anilines is 1. The van der Waals surface area contributed by atoms with Gasteiger partial charge in [0.15, 0.2) is 0 Å². The van der Waals surface area contributed by atoms with E-state index in [0.717, 1.165) is 5.56 Å². The summed E-state index contributed by atoms with van der Waals surface area (Å²) in [6.07, 6.45) is -0.621. The number of amides is 2. The molecule has 0 aliphatic rings. The second-order valence-corrected chi connectivity index (χ2v) is 5.91. The second-order valence-electron chi connectivity index (χ2n) is 5.57. The molecule has 0 aliphatic carbocycles. The van der Waals surface area contributed by atoms with Crippen LogP contribution in [0.3, 0.4) is 0 Å². The number of urea groups is 1. The number of aryl methyl sites for hydroxylation is 1. The first-order valence-corrected chi connectivity index (χ1v) is 8.44. The van der Waals surface area contributed by atoms with E-state index in [1.165, 1.54) is 0 Å². The second kappa shape index (κ2) is 11.2. The molecule has 0 aromatic heterocycles. The molecule has 2 amide bonds. The van der Waals surface area contributed by atoms with Crippen molar-refractivity contribution in [2.45, 2.75) is 32.9 Å². The van der Waals surface area contributed by atoms with E-state index in [0.29, 0.717) is 31.1 Å². The number of nitrogens with one attached hydrogen (secondary N) is 3. The van der Waals surface area contributed by atoms with Gasteiger partial charge in [-0.2, -0.15) is 0 Å². The Hall–Kier alpha value is -1.40. The molecule has 3 unspecified atom stereocenters. The van der Waals surface area contributed by atoms with Crippen LogP contribution in [0, 0.1) is 6.92 Å². The minimum Gasteiger partial charge on any atom is -0.491 e. The number of hydrogen-bond acceptors (Lipinski definition) is 5. The van der Waals surface area contributed by atoms with Crippen molar-refractivity contribution in [1.29, 1.82) is 0 Å². The number of hydrogen-bond donors (Lipinski definition) is 4. The Balaban J connectivity index is 2.43. The molecule has 0 spiro atoms. The molecule has 3 atom stereocenters. The first kappa shape index (κ1) is 20.6. The average Bonchev–Trinajstić information content (AvgIpc) is 2.52. The summed E-state index contributed by atoms with van der Waals surface area (Å²) in [5.74, 6) is 0.678. The van der Waals surface area contributed by atoms with Gasteiger partial charge in [-0.15, -0.1) is 0 Å². The van der Waals surface area contributed by atoms with E-state index in [-0.39, 0.29) is 18.7 Å². The molecule has 0 aliphatic heterocycles. The Labute approximate surface area is 145 Å². The number of ether oxygens (including phenoxy) is 1. The number of aliphatic hydroxyl groups excluding tert-OH is 1. The van der Waals surface area contributed by atoms with E-state index in [1.807, 2.05) is 26.8 Å². The van der Waals surface area contributed by atoms with Gasteiger partial charge in [-0.1, -0.05) is 0 Å². The van der Waals surface area contributed by atoms with Crippen molar-refractivity contribution in [3.63, 3.8) is 0 Å². The molecule has 4 N–H and O–H groups in total. The SMILES string of the molecule is CCNC(=O)Nc1ccc(OCC(O)CNC(C)COP)c(C)c1. The Morgan fingerprint density at radius 1 is 1.38 bits per heavy atom. The van der Waals surface area contributed by atoms with Crippen LogP contribution >= 0.6 is 9.47 Å². The Morgan fingerprint density at radius 3 is 2.75 bits per heavy atom. The number of benzene rings is 1. The highest BCUT2D eigenvalue weighted by Crippen LogP contribution is 2.22. The highest BCUT2D eigenvalue weighted by atomic mass is 31.0. The van der Waals surface area contributed by atoms with Gasteiger partial charge in [0.05, 0.1) is 6.61 Å². The maximum atomic E-state index is 11.5. The standard InChI is InChI=1S/C16H28N3O4P/c1-4-17-16(21)19-13-5-6-15(11(2)7-13)22-10-14(20)8-18-12(3)9-23-24/h5-7,12,14,18,20H,4,8-10,24H2,1-3H3,(H2,17,19,21). The largest absolute Gasteiger partial charge is 0.491 e. The smallest absolute Gasteiger partial charge is 0.319 e. The topological polar surface area (TPSA) is 91.9 Å². The van der Waals surface area contributed by atoms with Crippen LogP contribution in [0.4, 0.5) is 10.5 Å². The van der Waals surface area contributed by atoms with E-state index in [4.69, 9.17) is 9.26 Å². The van der Waals surface area contributed by atoms with E-state index >= 15 is 0 Å². The third kappa shape index (κ3) is 7.93. The number of aliphatic hydroxyl groups is 1. The molecule has 0 fully saturated rings. The molecule has 0 bridgehead atoms. The summed E-state index contributed by atoms with van der Waals surface area (Å²) < 4.78 is 10.6. The van der Waals surface area contributed by atoms with Crippen LogP contribution in [-0.4, -0.2) is 49.6 Å². The zero-order valence-corrected chi connectivity index (χ0v) is 15.6. The predicted octanol–water partition coefficient (Wildman–Crippen LogP) is 1.66. The van der Waals surface area contributed by atoms with E-state index in [9.17, 15) is 9.90 Å². The fraction of sp³-hybridized carbons (Fsp3) is 0.562. The quantitative estimate of drug-likeness (QED) is 0.478. The van der Waals surface area contributed by atoms with Gasteiger partial charge in [0.2, 0.25) is 0 Å². The Morgan fingerprint density at radius 2 is 2.12 bits per heavy atom. The van der Waals surface area contributed by atoms with Crippen molar-refractivity contribution in [3.8, 4) is 5.75 Å². The molecule has 1 aromatic carbocycles. The van der Waals surface area contributed by atoms with Crippen LogP contribution in [0.1, 0.15) is 19.4 Å². The van der Waals surface area contributed by atoms with Gasteiger partial charge < -0.3 is 30.3 Å². The summed E-state index contributed by atoms with van der Waals surface area (Å²) in [5, 5.41) is 18.5. The zero-order chi connectivity index (χ0) is 17.9. The molecule has 0 saturated carbocycles. The third-order valence-electron chi connectivity index (χ3n) is 3.25. The molecule has 0 saturated heterocycles. The van der Waals surface area contributed by atoms with Crippen LogP contribution in [-0.2, 0) is 4.52 Å². The zero-order valence-electron chi connectivity index (χ0n) is 14.5. The van der Waals surface area contributed by atoms with Crippen LogP contribution in [0.2, 0.25) is 0 Å². The van der Waals surface area contributed by atoms with Gasteiger partial charge in [-0.05, 0) is 44.5 Å². The molecule has 7 nitrogen and oxygen atoms in total. The summed E-state index contributed by atoms with van der Waals surface area (Å²) >= 11 is 0. The highest BCUT2D eigenvalue weighted by Gasteiger charge is 2.10. The van der Waals surface area contributed by atoms with Gasteiger partial charge >= 0.3 is 6.03 Å². The molecular weight excluding hydrogens is 329 g/mol. The summed E-state index contributed by atoms with van der Waals surface area (Å²) in [7, 11) is 2.20. The van der Waals surface area contributed by atoms with Gasteiger partial charge in [-0.3, -0.25) is 0 Å². The third-order valence-corrected chi connectivity index (χ3v) is 3.44. The molecule has 1 aromatic rings. The Bertz CT molecular complexity index is 516. The van der Waals surface area contributed by atoms with E-state index in [2.05, 4.69) is 25.4 Å². The maximum absolute atomic E-state index is 11.5. The van der Waals surface area contributed by atoms with Crippen molar-refractivity contribution in [2.75, 3.05) is 31.6 Å². The van der Waals surface area contributed by atoms with Crippen molar-refractivity contribution >= 4 is 21.2 Å². The monoisotopic (exact) mass is 357 g/mol. The summed E-state index contributed by atoms with van der Waals surface area (Å²) in [6.45, 7) is 7.45. The molecule has 0 radical (unpaired) electrons. The highest BCUT2D eigenvalue weighted by molar-refractivity contribution is 7.09. The van der Waals surface area contributed by atoms with Gasteiger partial charge in [0.1, 0.15) is 18.5 Å². The number of rotatable bonds is 10. The van der Waals surface area contributed by atoms with Crippen molar-refractivity contribution in [2.24, 2.45) is 0 Å². The van der Waals surface area contributed by atoms with Crippen LogP contribution < -0.4 is 20.7 Å². The normalized spacial score (nSPS) is 13.2. The maximum Gasteiger partial charge on any atom is 0.319 e. The van der Waals surface area contributed by atoms with Crippen molar-refractivity contribution in [1.82, 2.24) is 10.6 Å². The van der Waals surface area contributed by atoms with Crippen LogP contribution in [0.15, 0.2) is 18.2 Å². The fourth-order valence-electron chi connectivity index (χ4n) is 2.01. The van der Waals surface area contributed by atoms with Crippen molar-refractivity contribution < 1.29 is 19.2 Å². The first-order valence-electron chi connectivity index (χ1n) is 7.97. The lowest BCUT2D eigenvalue weighted by molar-refractivity contribution is 0.102. The average molecular weight is 357 g/mol. The summed E-state index contributed by atoms with van der Waals surface area (Å²) in [6, 6.07) is 5.28. The van der Waals surface area contributed by atoms with Crippen molar-refractivity contribution in [3.05, 3.63) is 23.8 Å². The van der Waals surface area contributed by atoms with E-state index < -0.39 is 6.10 Å². The molecule has 8 heteroatoms. The molecule has 1 rings (SSSR count). The number of carbonyl (C=O) groups is 1. The van der Waals surface area contributed by atoms with Gasteiger partial charge in [0.25, 0.3) is 0 Å². The number of carbonyl (C=O) groups excluding carboxylic acids is 1.